The number of hydrogen-bond acceptors (Lipinski definition) is 3. The molecule has 0 spiro atoms. The average molecular weight is 328 g/mol. The van der Waals surface area contributed by atoms with E-state index in [0.29, 0.717) is 17.1 Å². The predicted octanol–water partition coefficient (Wildman–Crippen LogP) is 4.76. The summed E-state index contributed by atoms with van der Waals surface area (Å²) in [4.78, 5) is 15.5. The van der Waals surface area contributed by atoms with E-state index in [-0.39, 0.29) is 11.8 Å². The first-order valence-electron chi connectivity index (χ1n) is 6.21. The molecule has 0 saturated carbocycles. The van der Waals surface area contributed by atoms with Crippen LogP contribution < -0.4 is 0 Å². The van der Waals surface area contributed by atoms with Crippen LogP contribution in [0.3, 0.4) is 0 Å². The van der Waals surface area contributed by atoms with E-state index < -0.39 is 0 Å². The van der Waals surface area contributed by atoms with Gasteiger partial charge in [0.2, 0.25) is 0 Å². The van der Waals surface area contributed by atoms with Crippen molar-refractivity contribution >= 4 is 40.3 Å². The van der Waals surface area contributed by atoms with Crippen LogP contribution in [-0.4, -0.2) is 23.8 Å². The number of rotatable bonds is 5. The molecule has 1 aromatic heterocycles. The zero-order chi connectivity index (χ0) is 14.7. The standard InChI is InChI=1S/C15H15Cl2NOS/c1-10(15(19)11-3-5-12(16)6-4-11)18(2)9-13-7-8-14(17)20-13/h3-8,10H,9H2,1-2H3. The Hall–Kier alpha value is -0.870. The highest BCUT2D eigenvalue weighted by atomic mass is 35.5. The SMILES string of the molecule is CC(C(=O)c1ccc(Cl)cc1)N(C)Cc1ccc(Cl)s1. The third-order valence-corrected chi connectivity index (χ3v) is 4.67. The first kappa shape index (κ1) is 15.5. The molecule has 0 N–H and O–H groups in total. The summed E-state index contributed by atoms with van der Waals surface area (Å²) in [5, 5.41) is 0.635. The van der Waals surface area contributed by atoms with Crippen molar-refractivity contribution in [3.63, 3.8) is 0 Å². The monoisotopic (exact) mass is 327 g/mol. The predicted molar refractivity (Wildman–Crippen MR) is 86.0 cm³/mol. The fraction of sp³-hybridized carbons (Fsp3) is 0.267. The van der Waals surface area contributed by atoms with Crippen LogP contribution in [0.25, 0.3) is 0 Å². The molecule has 0 aliphatic rings. The quantitative estimate of drug-likeness (QED) is 0.738. The summed E-state index contributed by atoms with van der Waals surface area (Å²) in [6.07, 6.45) is 0. The van der Waals surface area contributed by atoms with E-state index in [0.717, 1.165) is 9.21 Å². The number of likely N-dealkylation sites (N-methyl/N-ethyl adjacent to an activating group) is 1. The Kier molecular flexibility index (Phi) is 5.22. The summed E-state index contributed by atoms with van der Waals surface area (Å²) in [6.45, 7) is 2.62. The molecule has 1 atom stereocenters. The normalized spacial score (nSPS) is 12.7. The molecule has 1 heterocycles. The van der Waals surface area contributed by atoms with Crippen LogP contribution in [0, 0.1) is 0 Å². The minimum atomic E-state index is -0.197. The van der Waals surface area contributed by atoms with Crippen LogP contribution in [0.15, 0.2) is 36.4 Å². The fourth-order valence-corrected chi connectivity index (χ4v) is 3.15. The number of nitrogens with zero attached hydrogens (tertiary/aromatic N) is 1. The number of hydrogen-bond donors (Lipinski definition) is 0. The molecule has 2 rings (SSSR count). The summed E-state index contributed by atoms with van der Waals surface area (Å²) in [6, 6.07) is 10.7. The first-order chi connectivity index (χ1) is 9.47. The van der Waals surface area contributed by atoms with E-state index in [1.807, 2.05) is 31.0 Å². The lowest BCUT2D eigenvalue weighted by Crippen LogP contribution is -2.35. The van der Waals surface area contributed by atoms with Crippen molar-refractivity contribution in [3.05, 3.63) is 56.2 Å². The second-order valence-corrected chi connectivity index (χ2v) is 6.90. The number of thiophene rings is 1. The van der Waals surface area contributed by atoms with Gasteiger partial charge in [0.25, 0.3) is 0 Å². The van der Waals surface area contributed by atoms with Crippen LogP contribution in [0.5, 0.6) is 0 Å². The van der Waals surface area contributed by atoms with Crippen LogP contribution in [-0.2, 0) is 6.54 Å². The second-order valence-electron chi connectivity index (χ2n) is 4.67. The fourth-order valence-electron chi connectivity index (χ4n) is 1.87. The molecule has 0 saturated heterocycles. The van der Waals surface area contributed by atoms with Crippen LogP contribution in [0.1, 0.15) is 22.2 Å². The maximum Gasteiger partial charge on any atom is 0.179 e. The Balaban J connectivity index is 2.04. The van der Waals surface area contributed by atoms with Crippen molar-refractivity contribution < 1.29 is 4.79 Å². The van der Waals surface area contributed by atoms with E-state index in [1.165, 1.54) is 11.3 Å². The smallest absolute Gasteiger partial charge is 0.179 e. The summed E-state index contributed by atoms with van der Waals surface area (Å²) < 4.78 is 0.769. The zero-order valence-corrected chi connectivity index (χ0v) is 13.6. The number of halogens is 2. The Morgan fingerprint density at radius 2 is 1.85 bits per heavy atom. The van der Waals surface area contributed by atoms with Gasteiger partial charge in [-0.2, -0.15) is 0 Å². The molecule has 0 fully saturated rings. The molecule has 0 aliphatic heterocycles. The van der Waals surface area contributed by atoms with Gasteiger partial charge < -0.3 is 0 Å². The van der Waals surface area contributed by atoms with E-state index in [9.17, 15) is 4.79 Å². The first-order valence-corrected chi connectivity index (χ1v) is 7.79. The second kappa shape index (κ2) is 6.72. The molecule has 5 heteroatoms. The number of Topliss-reactive ketones (excluding diaryl/α,β-unsaturated/α-hetero) is 1. The highest BCUT2D eigenvalue weighted by molar-refractivity contribution is 7.16. The van der Waals surface area contributed by atoms with E-state index in [4.69, 9.17) is 23.2 Å². The minimum absolute atomic E-state index is 0.0896. The lowest BCUT2D eigenvalue weighted by atomic mass is 10.0. The Morgan fingerprint density at radius 3 is 2.40 bits per heavy atom. The number of benzene rings is 1. The van der Waals surface area contributed by atoms with Gasteiger partial charge >= 0.3 is 0 Å². The average Bonchev–Trinajstić information content (AvgIpc) is 2.83. The van der Waals surface area contributed by atoms with Crippen molar-refractivity contribution in [2.45, 2.75) is 19.5 Å². The highest BCUT2D eigenvalue weighted by Crippen LogP contribution is 2.23. The molecule has 0 aliphatic carbocycles. The zero-order valence-electron chi connectivity index (χ0n) is 11.3. The van der Waals surface area contributed by atoms with Gasteiger partial charge in [-0.1, -0.05) is 23.2 Å². The maximum atomic E-state index is 12.4. The highest BCUT2D eigenvalue weighted by Gasteiger charge is 2.20. The van der Waals surface area contributed by atoms with Crippen LogP contribution >= 0.6 is 34.5 Å². The lowest BCUT2D eigenvalue weighted by Gasteiger charge is -2.23. The van der Waals surface area contributed by atoms with Crippen molar-refractivity contribution in [3.8, 4) is 0 Å². The van der Waals surface area contributed by atoms with Gasteiger partial charge in [-0.15, -0.1) is 11.3 Å². The van der Waals surface area contributed by atoms with Crippen LogP contribution in [0.2, 0.25) is 9.36 Å². The molecule has 0 radical (unpaired) electrons. The lowest BCUT2D eigenvalue weighted by molar-refractivity contribution is 0.0863. The van der Waals surface area contributed by atoms with Crippen molar-refractivity contribution in [1.29, 1.82) is 0 Å². The topological polar surface area (TPSA) is 20.3 Å². The number of carbonyl (C=O) groups excluding carboxylic acids is 1. The molecular weight excluding hydrogens is 313 g/mol. The summed E-state index contributed by atoms with van der Waals surface area (Å²) in [7, 11) is 1.94. The number of carbonyl (C=O) groups is 1. The van der Waals surface area contributed by atoms with Gasteiger partial charge in [0, 0.05) is 22.0 Å². The number of ketones is 1. The largest absolute Gasteiger partial charge is 0.292 e. The van der Waals surface area contributed by atoms with Gasteiger partial charge in [0.1, 0.15) is 0 Å². The van der Waals surface area contributed by atoms with Gasteiger partial charge in [-0.25, -0.2) is 0 Å². The van der Waals surface area contributed by atoms with Crippen molar-refractivity contribution in [2.75, 3.05) is 7.05 Å². The third-order valence-electron chi connectivity index (χ3n) is 3.20. The van der Waals surface area contributed by atoms with Gasteiger partial charge in [0.15, 0.2) is 5.78 Å². The molecule has 106 valence electrons. The summed E-state index contributed by atoms with van der Waals surface area (Å²) >= 11 is 13.3. The van der Waals surface area contributed by atoms with E-state index >= 15 is 0 Å². The summed E-state index contributed by atoms with van der Waals surface area (Å²) in [5.74, 6) is 0.0896. The Labute approximate surface area is 132 Å². The Bertz CT molecular complexity index is 594. The molecule has 20 heavy (non-hydrogen) atoms. The molecule has 0 bridgehead atoms. The summed E-state index contributed by atoms with van der Waals surface area (Å²) in [5.41, 5.74) is 0.679. The maximum absolute atomic E-state index is 12.4. The minimum Gasteiger partial charge on any atom is -0.292 e. The third kappa shape index (κ3) is 3.83. The molecular formula is C15H15Cl2NOS. The molecule has 1 unspecified atom stereocenters. The van der Waals surface area contributed by atoms with Gasteiger partial charge in [0.05, 0.1) is 10.4 Å². The molecule has 0 amide bonds. The Morgan fingerprint density at radius 1 is 1.20 bits per heavy atom. The molecule has 2 nitrogen and oxygen atoms in total. The van der Waals surface area contributed by atoms with Crippen LogP contribution in [0.4, 0.5) is 0 Å². The van der Waals surface area contributed by atoms with Gasteiger partial charge in [-0.05, 0) is 50.4 Å². The molecule has 2 aromatic rings. The van der Waals surface area contributed by atoms with Crippen molar-refractivity contribution in [2.24, 2.45) is 0 Å². The van der Waals surface area contributed by atoms with E-state index in [1.54, 1.807) is 24.3 Å². The van der Waals surface area contributed by atoms with Gasteiger partial charge in [-0.3, -0.25) is 9.69 Å². The molecule has 1 aromatic carbocycles. The van der Waals surface area contributed by atoms with E-state index in [2.05, 4.69) is 0 Å². The van der Waals surface area contributed by atoms with Crippen molar-refractivity contribution in [1.82, 2.24) is 4.90 Å².